The van der Waals surface area contributed by atoms with Crippen LogP contribution in [0.3, 0.4) is 0 Å². The van der Waals surface area contributed by atoms with E-state index in [0.29, 0.717) is 24.1 Å². The van der Waals surface area contributed by atoms with Gasteiger partial charge in [0.2, 0.25) is 11.8 Å². The number of nitriles is 1. The highest BCUT2D eigenvalue weighted by Crippen LogP contribution is 2.29. The molecule has 0 bridgehead atoms. The van der Waals surface area contributed by atoms with Gasteiger partial charge in [-0.3, -0.25) is 9.59 Å². The smallest absolute Gasteiger partial charge is 0.233 e. The number of carbonyl (C=O) groups is 2. The van der Waals surface area contributed by atoms with Crippen LogP contribution in [0.1, 0.15) is 31.2 Å². The first-order valence-corrected chi connectivity index (χ1v) is 6.06. The zero-order valence-corrected chi connectivity index (χ0v) is 10.4. The van der Waals surface area contributed by atoms with E-state index in [4.69, 9.17) is 16.9 Å². The standard InChI is InChI=1S/C13H11ClN2O2/c14-10-7-9(8-15)5-6-11(10)16-12(17)3-1-2-4-13(16)18/h5-7H,1-4H2. The molecule has 0 spiro atoms. The number of benzene rings is 1. The van der Waals surface area contributed by atoms with Gasteiger partial charge in [0.1, 0.15) is 0 Å². The maximum atomic E-state index is 11.9. The van der Waals surface area contributed by atoms with Gasteiger partial charge < -0.3 is 0 Å². The van der Waals surface area contributed by atoms with Crippen LogP contribution in [0.2, 0.25) is 5.02 Å². The highest BCUT2D eigenvalue weighted by atomic mass is 35.5. The Morgan fingerprint density at radius 2 is 1.78 bits per heavy atom. The van der Waals surface area contributed by atoms with Crippen molar-refractivity contribution < 1.29 is 9.59 Å². The van der Waals surface area contributed by atoms with Gasteiger partial charge in [0.15, 0.2) is 0 Å². The number of hydrogen-bond donors (Lipinski definition) is 0. The van der Waals surface area contributed by atoms with Crippen LogP contribution in [0.15, 0.2) is 18.2 Å². The topological polar surface area (TPSA) is 61.2 Å². The Morgan fingerprint density at radius 1 is 1.17 bits per heavy atom. The summed E-state index contributed by atoms with van der Waals surface area (Å²) in [5.41, 5.74) is 0.769. The maximum Gasteiger partial charge on any atom is 0.233 e. The first-order valence-electron chi connectivity index (χ1n) is 5.69. The van der Waals surface area contributed by atoms with Crippen LogP contribution >= 0.6 is 11.6 Å². The van der Waals surface area contributed by atoms with Crippen molar-refractivity contribution in [3.8, 4) is 6.07 Å². The van der Waals surface area contributed by atoms with E-state index in [-0.39, 0.29) is 16.8 Å². The van der Waals surface area contributed by atoms with Crippen LogP contribution in [0.25, 0.3) is 0 Å². The number of nitrogens with zero attached hydrogens (tertiary/aromatic N) is 2. The highest BCUT2D eigenvalue weighted by Gasteiger charge is 2.27. The first-order chi connectivity index (χ1) is 8.63. The van der Waals surface area contributed by atoms with Gasteiger partial charge in [0.05, 0.1) is 22.3 Å². The Kier molecular flexibility index (Phi) is 3.63. The molecular formula is C13H11ClN2O2. The van der Waals surface area contributed by atoms with Crippen LogP contribution in [-0.4, -0.2) is 11.8 Å². The Morgan fingerprint density at radius 3 is 2.28 bits per heavy atom. The maximum absolute atomic E-state index is 11.9. The lowest BCUT2D eigenvalue weighted by atomic mass is 10.2. The number of halogens is 1. The number of imide groups is 1. The summed E-state index contributed by atoms with van der Waals surface area (Å²) in [7, 11) is 0. The fourth-order valence-corrected chi connectivity index (χ4v) is 2.21. The van der Waals surface area contributed by atoms with Crippen LogP contribution in [0.5, 0.6) is 0 Å². The number of carbonyl (C=O) groups excluding carboxylic acids is 2. The lowest BCUT2D eigenvalue weighted by molar-refractivity contribution is -0.125. The summed E-state index contributed by atoms with van der Waals surface area (Å²) in [5.74, 6) is -0.465. The van der Waals surface area contributed by atoms with Gasteiger partial charge in [-0.2, -0.15) is 5.26 Å². The van der Waals surface area contributed by atoms with Crippen molar-refractivity contribution in [2.45, 2.75) is 25.7 Å². The van der Waals surface area contributed by atoms with Crippen molar-refractivity contribution in [1.29, 1.82) is 5.26 Å². The van der Waals surface area contributed by atoms with E-state index >= 15 is 0 Å². The minimum Gasteiger partial charge on any atom is -0.274 e. The molecule has 0 N–H and O–H groups in total. The van der Waals surface area contributed by atoms with E-state index in [1.54, 1.807) is 12.1 Å². The molecule has 0 saturated carbocycles. The van der Waals surface area contributed by atoms with E-state index in [2.05, 4.69) is 0 Å². The van der Waals surface area contributed by atoms with Gasteiger partial charge in [0, 0.05) is 12.8 Å². The van der Waals surface area contributed by atoms with Crippen molar-refractivity contribution in [3.63, 3.8) is 0 Å². The summed E-state index contributed by atoms with van der Waals surface area (Å²) in [6.07, 6.45) is 2.13. The second kappa shape index (κ2) is 5.19. The molecule has 18 heavy (non-hydrogen) atoms. The number of rotatable bonds is 1. The third-order valence-corrected chi connectivity index (χ3v) is 3.15. The fraction of sp³-hybridized carbons (Fsp3) is 0.308. The van der Waals surface area contributed by atoms with Gasteiger partial charge in [0.25, 0.3) is 0 Å². The summed E-state index contributed by atoms with van der Waals surface area (Å²) in [6, 6.07) is 6.51. The molecule has 1 aliphatic heterocycles. The van der Waals surface area contributed by atoms with Crippen LogP contribution in [-0.2, 0) is 9.59 Å². The SMILES string of the molecule is N#Cc1ccc(N2C(=O)CCCCC2=O)c(Cl)c1. The normalized spacial score (nSPS) is 16.3. The highest BCUT2D eigenvalue weighted by molar-refractivity contribution is 6.35. The second-order valence-corrected chi connectivity index (χ2v) is 4.52. The molecule has 1 aromatic rings. The molecule has 0 unspecified atom stereocenters. The molecule has 92 valence electrons. The molecule has 4 nitrogen and oxygen atoms in total. The molecule has 1 heterocycles. The van der Waals surface area contributed by atoms with Gasteiger partial charge in [-0.25, -0.2) is 4.90 Å². The van der Waals surface area contributed by atoms with Gasteiger partial charge in [-0.1, -0.05) is 11.6 Å². The summed E-state index contributed by atoms with van der Waals surface area (Å²) in [6.45, 7) is 0. The lowest BCUT2D eigenvalue weighted by Gasteiger charge is -2.19. The lowest BCUT2D eigenvalue weighted by Crippen LogP contribution is -2.35. The average Bonchev–Trinajstić information content (AvgIpc) is 2.51. The molecule has 5 heteroatoms. The number of anilines is 1. The molecule has 0 atom stereocenters. The molecule has 2 amide bonds. The van der Waals surface area contributed by atoms with E-state index in [0.717, 1.165) is 17.7 Å². The van der Waals surface area contributed by atoms with Crippen LogP contribution in [0, 0.1) is 11.3 Å². The monoisotopic (exact) mass is 262 g/mol. The summed E-state index contributed by atoms with van der Waals surface area (Å²) < 4.78 is 0. The molecule has 0 radical (unpaired) electrons. The van der Waals surface area contributed by atoms with E-state index < -0.39 is 0 Å². The first kappa shape index (κ1) is 12.6. The Hall–Kier alpha value is -1.86. The Bertz CT molecular complexity index is 530. The van der Waals surface area contributed by atoms with E-state index in [9.17, 15) is 9.59 Å². The third-order valence-electron chi connectivity index (χ3n) is 2.85. The molecule has 0 aliphatic carbocycles. The van der Waals surface area contributed by atoms with Crippen molar-refractivity contribution in [1.82, 2.24) is 0 Å². The van der Waals surface area contributed by atoms with Crippen molar-refractivity contribution in [2.24, 2.45) is 0 Å². The Balaban J connectivity index is 2.43. The predicted octanol–water partition coefficient (Wildman–Crippen LogP) is 2.65. The number of hydrogen-bond acceptors (Lipinski definition) is 3. The average molecular weight is 263 g/mol. The molecule has 1 fully saturated rings. The van der Waals surface area contributed by atoms with Crippen molar-refractivity contribution >= 4 is 29.1 Å². The van der Waals surface area contributed by atoms with E-state index in [1.165, 1.54) is 6.07 Å². The van der Waals surface area contributed by atoms with Crippen molar-refractivity contribution in [2.75, 3.05) is 4.90 Å². The molecule has 1 saturated heterocycles. The van der Waals surface area contributed by atoms with Crippen molar-refractivity contribution in [3.05, 3.63) is 28.8 Å². The molecule has 0 aromatic heterocycles. The zero-order valence-electron chi connectivity index (χ0n) is 9.65. The minimum atomic E-state index is -0.232. The molecule has 1 aliphatic rings. The Labute approximate surface area is 110 Å². The fourth-order valence-electron chi connectivity index (χ4n) is 1.94. The molecular weight excluding hydrogens is 252 g/mol. The predicted molar refractivity (Wildman–Crippen MR) is 67.1 cm³/mol. The number of amides is 2. The van der Waals surface area contributed by atoms with Gasteiger partial charge in [-0.05, 0) is 31.0 Å². The van der Waals surface area contributed by atoms with Gasteiger partial charge >= 0.3 is 0 Å². The van der Waals surface area contributed by atoms with Gasteiger partial charge in [-0.15, -0.1) is 0 Å². The quantitative estimate of drug-likeness (QED) is 0.731. The third kappa shape index (κ3) is 2.36. The minimum absolute atomic E-state index is 0.232. The van der Waals surface area contributed by atoms with E-state index in [1.807, 2.05) is 6.07 Å². The zero-order chi connectivity index (χ0) is 13.1. The second-order valence-electron chi connectivity index (χ2n) is 4.11. The molecule has 1 aromatic carbocycles. The summed E-state index contributed by atoms with van der Waals surface area (Å²) in [5, 5.41) is 9.00. The summed E-state index contributed by atoms with van der Waals surface area (Å²) in [4.78, 5) is 25.0. The van der Waals surface area contributed by atoms with Crippen LogP contribution in [0.4, 0.5) is 5.69 Å². The summed E-state index contributed by atoms with van der Waals surface area (Å²) >= 11 is 6.03. The molecule has 2 rings (SSSR count). The largest absolute Gasteiger partial charge is 0.274 e. The van der Waals surface area contributed by atoms with Crippen LogP contribution < -0.4 is 4.90 Å².